The first-order chi connectivity index (χ1) is 14.2. The number of carbonyl (C=O) groups excluding carboxylic acids is 2. The third-order valence-corrected chi connectivity index (χ3v) is 5.30. The van der Waals surface area contributed by atoms with Gasteiger partial charge in [0.05, 0.1) is 6.26 Å². The van der Waals surface area contributed by atoms with E-state index in [9.17, 15) is 9.59 Å². The summed E-state index contributed by atoms with van der Waals surface area (Å²) in [7, 11) is 0. The second-order valence-corrected chi connectivity index (χ2v) is 7.20. The Bertz CT molecular complexity index is 959. The Balaban J connectivity index is 1.34. The van der Waals surface area contributed by atoms with Crippen molar-refractivity contribution in [3.05, 3.63) is 84.3 Å². The minimum Gasteiger partial charge on any atom is -0.469 e. The molecule has 1 aliphatic heterocycles. The molecule has 29 heavy (non-hydrogen) atoms. The van der Waals surface area contributed by atoms with E-state index in [2.05, 4.69) is 0 Å². The van der Waals surface area contributed by atoms with Crippen molar-refractivity contribution in [1.82, 2.24) is 9.80 Å². The molecule has 1 aromatic heterocycles. The third-order valence-electron chi connectivity index (χ3n) is 5.30. The molecular formula is C24H24N2O3. The van der Waals surface area contributed by atoms with Crippen molar-refractivity contribution in [1.29, 1.82) is 0 Å². The van der Waals surface area contributed by atoms with E-state index in [0.717, 1.165) is 16.9 Å². The topological polar surface area (TPSA) is 53.8 Å². The van der Waals surface area contributed by atoms with Gasteiger partial charge in [0.25, 0.3) is 5.91 Å². The summed E-state index contributed by atoms with van der Waals surface area (Å²) in [6, 6.07) is 21.5. The molecule has 0 spiro atoms. The van der Waals surface area contributed by atoms with Gasteiger partial charge in [-0.15, -0.1) is 0 Å². The predicted molar refractivity (Wildman–Crippen MR) is 111 cm³/mol. The van der Waals surface area contributed by atoms with E-state index in [1.807, 2.05) is 76.5 Å². The Hall–Kier alpha value is -3.34. The van der Waals surface area contributed by atoms with Gasteiger partial charge in [-0.2, -0.15) is 0 Å². The van der Waals surface area contributed by atoms with Crippen molar-refractivity contribution in [3.8, 4) is 11.1 Å². The number of piperazine rings is 1. The highest BCUT2D eigenvalue weighted by molar-refractivity contribution is 5.95. The number of nitrogens with zero attached hydrogens (tertiary/aromatic N) is 2. The smallest absolute Gasteiger partial charge is 0.253 e. The van der Waals surface area contributed by atoms with E-state index < -0.39 is 0 Å². The van der Waals surface area contributed by atoms with Crippen LogP contribution in [0.15, 0.2) is 77.4 Å². The van der Waals surface area contributed by atoms with Crippen LogP contribution in [0.1, 0.15) is 22.5 Å². The maximum Gasteiger partial charge on any atom is 0.253 e. The fourth-order valence-corrected chi connectivity index (χ4v) is 3.65. The van der Waals surface area contributed by atoms with Crippen molar-refractivity contribution in [3.63, 3.8) is 0 Å². The Morgan fingerprint density at radius 1 is 0.793 bits per heavy atom. The molecule has 2 aromatic carbocycles. The molecule has 5 heteroatoms. The quantitative estimate of drug-likeness (QED) is 0.667. The van der Waals surface area contributed by atoms with Gasteiger partial charge >= 0.3 is 0 Å². The first kappa shape index (κ1) is 19.0. The molecule has 0 aliphatic carbocycles. The lowest BCUT2D eigenvalue weighted by atomic mass is 10.0. The van der Waals surface area contributed by atoms with Crippen LogP contribution in [0, 0.1) is 0 Å². The van der Waals surface area contributed by atoms with Crippen molar-refractivity contribution in [2.45, 2.75) is 12.8 Å². The van der Waals surface area contributed by atoms with Crippen LogP contribution in [-0.4, -0.2) is 47.8 Å². The van der Waals surface area contributed by atoms with Gasteiger partial charge in [0.1, 0.15) is 5.76 Å². The van der Waals surface area contributed by atoms with E-state index in [4.69, 9.17) is 4.42 Å². The van der Waals surface area contributed by atoms with Gasteiger partial charge in [-0.3, -0.25) is 9.59 Å². The summed E-state index contributed by atoms with van der Waals surface area (Å²) in [6.45, 7) is 2.25. The molecule has 4 rings (SSSR count). The summed E-state index contributed by atoms with van der Waals surface area (Å²) in [4.78, 5) is 29.0. The molecule has 1 saturated heterocycles. The van der Waals surface area contributed by atoms with Gasteiger partial charge in [-0.05, 0) is 35.4 Å². The summed E-state index contributed by atoms with van der Waals surface area (Å²) in [5.41, 5.74) is 2.81. The lowest BCUT2D eigenvalue weighted by Crippen LogP contribution is -2.50. The zero-order valence-electron chi connectivity index (χ0n) is 16.3. The molecule has 0 atom stereocenters. The average molecular weight is 388 g/mol. The molecule has 2 amide bonds. The molecule has 148 valence electrons. The lowest BCUT2D eigenvalue weighted by Gasteiger charge is -2.35. The molecule has 5 nitrogen and oxygen atoms in total. The fraction of sp³-hybridized carbons (Fsp3) is 0.250. The average Bonchev–Trinajstić information content (AvgIpc) is 3.31. The van der Waals surface area contributed by atoms with E-state index in [-0.39, 0.29) is 11.8 Å². The molecule has 1 fully saturated rings. The van der Waals surface area contributed by atoms with Gasteiger partial charge in [-0.25, -0.2) is 0 Å². The number of rotatable bonds is 5. The van der Waals surface area contributed by atoms with E-state index in [0.29, 0.717) is 44.6 Å². The van der Waals surface area contributed by atoms with Gasteiger partial charge in [-0.1, -0.05) is 42.5 Å². The number of hydrogen-bond acceptors (Lipinski definition) is 3. The van der Waals surface area contributed by atoms with Gasteiger partial charge in [0.15, 0.2) is 0 Å². The first-order valence-corrected chi connectivity index (χ1v) is 9.95. The normalized spacial score (nSPS) is 14.1. The summed E-state index contributed by atoms with van der Waals surface area (Å²) in [6.07, 6.45) is 2.66. The van der Waals surface area contributed by atoms with Gasteiger partial charge < -0.3 is 14.2 Å². The van der Waals surface area contributed by atoms with Gasteiger partial charge in [0, 0.05) is 44.6 Å². The summed E-state index contributed by atoms with van der Waals surface area (Å²) < 4.78 is 5.29. The van der Waals surface area contributed by atoms with Crippen molar-refractivity contribution in [2.75, 3.05) is 26.2 Å². The predicted octanol–water partition coefficient (Wildman–Crippen LogP) is 3.86. The molecule has 3 aromatic rings. The maximum absolute atomic E-state index is 13.0. The van der Waals surface area contributed by atoms with Crippen molar-refractivity contribution >= 4 is 11.8 Å². The van der Waals surface area contributed by atoms with Crippen LogP contribution < -0.4 is 0 Å². The number of carbonyl (C=O) groups is 2. The summed E-state index contributed by atoms with van der Waals surface area (Å²) in [5.74, 6) is 0.954. The highest BCUT2D eigenvalue weighted by atomic mass is 16.3. The Morgan fingerprint density at radius 2 is 1.52 bits per heavy atom. The van der Waals surface area contributed by atoms with Crippen LogP contribution in [-0.2, 0) is 11.2 Å². The molecule has 0 unspecified atom stereocenters. The fourth-order valence-electron chi connectivity index (χ4n) is 3.65. The van der Waals surface area contributed by atoms with Crippen LogP contribution in [0.25, 0.3) is 11.1 Å². The van der Waals surface area contributed by atoms with Crippen molar-refractivity contribution in [2.24, 2.45) is 0 Å². The summed E-state index contributed by atoms with van der Waals surface area (Å²) >= 11 is 0. The zero-order valence-corrected chi connectivity index (χ0v) is 16.3. The second kappa shape index (κ2) is 8.78. The van der Waals surface area contributed by atoms with E-state index in [1.54, 1.807) is 6.26 Å². The summed E-state index contributed by atoms with van der Waals surface area (Å²) in [5, 5.41) is 0. The Labute approximate surface area is 170 Å². The van der Waals surface area contributed by atoms with Crippen LogP contribution in [0.4, 0.5) is 0 Å². The highest BCUT2D eigenvalue weighted by Gasteiger charge is 2.25. The molecular weight excluding hydrogens is 364 g/mol. The zero-order chi connectivity index (χ0) is 20.1. The lowest BCUT2D eigenvalue weighted by molar-refractivity contribution is -0.132. The van der Waals surface area contributed by atoms with Crippen molar-refractivity contribution < 1.29 is 14.0 Å². The van der Waals surface area contributed by atoms with Gasteiger partial charge in [0.2, 0.25) is 5.91 Å². The van der Waals surface area contributed by atoms with E-state index in [1.165, 1.54) is 0 Å². The third kappa shape index (κ3) is 4.57. The number of hydrogen-bond donors (Lipinski definition) is 0. The molecule has 0 N–H and O–H groups in total. The van der Waals surface area contributed by atoms with Crippen LogP contribution in [0.5, 0.6) is 0 Å². The largest absolute Gasteiger partial charge is 0.469 e. The molecule has 0 saturated carbocycles. The molecule has 1 aliphatic rings. The SMILES string of the molecule is O=C(CCc1ccco1)N1CCN(C(=O)c2cccc(-c3ccccc3)c2)CC1. The molecule has 2 heterocycles. The second-order valence-electron chi connectivity index (χ2n) is 7.20. The monoisotopic (exact) mass is 388 g/mol. The van der Waals surface area contributed by atoms with Crippen LogP contribution in [0.3, 0.4) is 0 Å². The molecule has 0 bridgehead atoms. The minimum atomic E-state index is 0.0189. The maximum atomic E-state index is 13.0. The minimum absolute atomic E-state index is 0.0189. The van der Waals surface area contributed by atoms with Crippen LogP contribution in [0.2, 0.25) is 0 Å². The first-order valence-electron chi connectivity index (χ1n) is 9.95. The number of furan rings is 1. The number of amides is 2. The van der Waals surface area contributed by atoms with Crippen LogP contribution >= 0.6 is 0 Å². The number of benzene rings is 2. The Kier molecular flexibility index (Phi) is 5.75. The standard InChI is InChI=1S/C24H24N2O3/c27-23(12-11-22-10-5-17-29-22)25-13-15-26(16-14-25)24(28)21-9-4-8-20(18-21)19-6-2-1-3-7-19/h1-10,17-18H,11-16H2. The number of aryl methyl sites for hydroxylation is 1. The Morgan fingerprint density at radius 3 is 2.24 bits per heavy atom. The molecule has 0 radical (unpaired) electrons. The highest BCUT2D eigenvalue weighted by Crippen LogP contribution is 2.21. The van der Waals surface area contributed by atoms with E-state index >= 15 is 0 Å².